The molecular formula is C24H19ClF3N9O2. The third-order valence-electron chi connectivity index (χ3n) is 5.97. The van der Waals surface area contributed by atoms with E-state index in [2.05, 4.69) is 35.3 Å². The zero-order valence-electron chi connectivity index (χ0n) is 20.0. The van der Waals surface area contributed by atoms with E-state index < -0.39 is 18.5 Å². The molecule has 1 atom stereocenters. The number of benzene rings is 1. The number of hydrogen-bond acceptors (Lipinski definition) is 8. The van der Waals surface area contributed by atoms with Crippen LogP contribution < -0.4 is 4.73 Å². The highest BCUT2D eigenvalue weighted by molar-refractivity contribution is 6.30. The summed E-state index contributed by atoms with van der Waals surface area (Å²) in [6.07, 6.45) is 8.56. The smallest absolute Gasteiger partial charge is 0.345 e. The van der Waals surface area contributed by atoms with E-state index in [0.717, 1.165) is 0 Å². The van der Waals surface area contributed by atoms with Gasteiger partial charge in [0.25, 0.3) is 0 Å². The molecule has 0 amide bonds. The average molecular weight is 558 g/mol. The maximum Gasteiger partial charge on any atom is 0.345 e. The van der Waals surface area contributed by atoms with Gasteiger partial charge in [-0.15, -0.1) is 5.10 Å². The van der Waals surface area contributed by atoms with Gasteiger partial charge in [-0.05, 0) is 34.7 Å². The van der Waals surface area contributed by atoms with Crippen molar-refractivity contribution in [1.29, 1.82) is 0 Å². The van der Waals surface area contributed by atoms with Crippen LogP contribution in [0.3, 0.4) is 0 Å². The summed E-state index contributed by atoms with van der Waals surface area (Å²) in [5.41, 5.74) is 2.21. The standard InChI is InChI=1S/C24H19ClF3N9O2/c25-18-3-4-20(36-14-31-33-34-36)17(22(18)26)10-15-2-1-8-37(38)23(15)21(6-9-39-24(27)28)35-12-16(11-32-35)19-5-7-29-13-30-19/h1-5,7-8,11-14,21,24H,6,9-10H2. The summed E-state index contributed by atoms with van der Waals surface area (Å²) < 4.78 is 48.8. The molecule has 1 aromatic carbocycles. The molecule has 0 bridgehead atoms. The molecule has 0 aliphatic carbocycles. The van der Waals surface area contributed by atoms with E-state index in [0.29, 0.717) is 27.2 Å². The third kappa shape index (κ3) is 5.71. The highest BCUT2D eigenvalue weighted by Crippen LogP contribution is 2.30. The quantitative estimate of drug-likeness (QED) is 0.189. The summed E-state index contributed by atoms with van der Waals surface area (Å²) in [5, 5.41) is 28.5. The first-order valence-corrected chi connectivity index (χ1v) is 11.9. The van der Waals surface area contributed by atoms with Gasteiger partial charge in [-0.2, -0.15) is 18.6 Å². The lowest BCUT2D eigenvalue weighted by molar-refractivity contribution is -0.616. The number of ether oxygens (including phenoxy) is 1. The van der Waals surface area contributed by atoms with Gasteiger partial charge in [-0.1, -0.05) is 11.6 Å². The van der Waals surface area contributed by atoms with Gasteiger partial charge in [0.05, 0.1) is 29.2 Å². The predicted octanol–water partition coefficient (Wildman–Crippen LogP) is 3.55. The SMILES string of the molecule is [O-][n+]1cccc(Cc2c(-n3cnnn3)ccc(Cl)c2F)c1C(CCOC(F)F)n1cc(-c2ccncn2)cn1. The minimum atomic E-state index is -2.99. The summed E-state index contributed by atoms with van der Waals surface area (Å²) in [4.78, 5) is 8.09. The van der Waals surface area contributed by atoms with Gasteiger partial charge in [0.2, 0.25) is 5.69 Å². The Labute approximate surface area is 224 Å². The molecule has 4 aromatic heterocycles. The summed E-state index contributed by atoms with van der Waals surface area (Å²) in [6.45, 7) is -3.37. The monoisotopic (exact) mass is 557 g/mol. The van der Waals surface area contributed by atoms with Crippen LogP contribution in [-0.2, 0) is 11.2 Å². The first-order chi connectivity index (χ1) is 18.9. The van der Waals surface area contributed by atoms with Crippen LogP contribution in [0.4, 0.5) is 13.2 Å². The minimum Gasteiger partial charge on any atom is -0.618 e. The Balaban J connectivity index is 1.59. The second kappa shape index (κ2) is 11.5. The van der Waals surface area contributed by atoms with E-state index >= 15 is 4.39 Å². The molecular weight excluding hydrogens is 539 g/mol. The van der Waals surface area contributed by atoms with Crippen molar-refractivity contribution in [3.8, 4) is 16.9 Å². The van der Waals surface area contributed by atoms with Crippen molar-refractivity contribution in [2.24, 2.45) is 0 Å². The van der Waals surface area contributed by atoms with Crippen molar-refractivity contribution in [3.63, 3.8) is 0 Å². The Morgan fingerprint density at radius 3 is 2.79 bits per heavy atom. The normalized spacial score (nSPS) is 12.2. The van der Waals surface area contributed by atoms with Crippen molar-refractivity contribution >= 4 is 11.6 Å². The zero-order valence-corrected chi connectivity index (χ0v) is 20.7. The second-order valence-electron chi connectivity index (χ2n) is 8.27. The summed E-state index contributed by atoms with van der Waals surface area (Å²) >= 11 is 6.09. The molecule has 5 rings (SSSR count). The van der Waals surface area contributed by atoms with Crippen molar-refractivity contribution in [2.75, 3.05) is 6.61 Å². The van der Waals surface area contributed by atoms with Gasteiger partial charge in [-0.3, -0.25) is 4.68 Å². The molecule has 0 saturated heterocycles. The van der Waals surface area contributed by atoms with Crippen LogP contribution in [0.1, 0.15) is 29.3 Å². The number of aromatic nitrogens is 9. The van der Waals surface area contributed by atoms with Crippen LogP contribution in [0, 0.1) is 11.0 Å². The third-order valence-corrected chi connectivity index (χ3v) is 6.26. The van der Waals surface area contributed by atoms with E-state index in [4.69, 9.17) is 11.6 Å². The van der Waals surface area contributed by atoms with Crippen LogP contribution in [0.15, 0.2) is 67.8 Å². The zero-order chi connectivity index (χ0) is 27.4. The molecule has 39 heavy (non-hydrogen) atoms. The van der Waals surface area contributed by atoms with Gasteiger partial charge in [0.15, 0.2) is 6.20 Å². The molecule has 1 unspecified atom stereocenters. The van der Waals surface area contributed by atoms with E-state index in [1.807, 2.05) is 0 Å². The van der Waals surface area contributed by atoms with Gasteiger partial charge >= 0.3 is 6.61 Å². The van der Waals surface area contributed by atoms with Crippen LogP contribution in [0.25, 0.3) is 16.9 Å². The van der Waals surface area contributed by atoms with Gasteiger partial charge in [0, 0.05) is 48.0 Å². The number of hydrogen-bond donors (Lipinski definition) is 0. The van der Waals surface area contributed by atoms with Crippen LogP contribution in [0.5, 0.6) is 0 Å². The first-order valence-electron chi connectivity index (χ1n) is 11.5. The minimum absolute atomic E-state index is 0.0353. The van der Waals surface area contributed by atoms with E-state index in [1.54, 1.807) is 30.6 Å². The predicted molar refractivity (Wildman–Crippen MR) is 130 cm³/mol. The Hall–Kier alpha value is -4.43. The largest absolute Gasteiger partial charge is 0.618 e. The average Bonchev–Trinajstić information content (AvgIpc) is 3.64. The second-order valence-corrected chi connectivity index (χ2v) is 8.68. The lowest BCUT2D eigenvalue weighted by Crippen LogP contribution is -2.37. The number of halogens is 4. The van der Waals surface area contributed by atoms with E-state index in [9.17, 15) is 14.0 Å². The number of rotatable bonds is 10. The summed E-state index contributed by atoms with van der Waals surface area (Å²) in [7, 11) is 0. The number of tetrazole rings is 1. The maximum absolute atomic E-state index is 15.3. The summed E-state index contributed by atoms with van der Waals surface area (Å²) in [6, 6.07) is 6.91. The Bertz CT molecular complexity index is 1550. The lowest BCUT2D eigenvalue weighted by atomic mass is 9.97. The van der Waals surface area contributed by atoms with Crippen molar-refractivity contribution < 1.29 is 22.6 Å². The lowest BCUT2D eigenvalue weighted by Gasteiger charge is -2.20. The number of nitrogens with zero attached hydrogens (tertiary/aromatic N) is 9. The molecule has 11 nitrogen and oxygen atoms in total. The molecule has 0 saturated carbocycles. The molecule has 4 heterocycles. The maximum atomic E-state index is 15.3. The summed E-state index contributed by atoms with van der Waals surface area (Å²) in [5.74, 6) is -0.709. The van der Waals surface area contributed by atoms with Gasteiger partial charge in [0.1, 0.15) is 24.5 Å². The first kappa shape index (κ1) is 26.2. The molecule has 0 spiro atoms. The molecule has 0 aliphatic heterocycles. The number of pyridine rings is 1. The van der Waals surface area contributed by atoms with Crippen LogP contribution in [-0.4, -0.2) is 53.2 Å². The topological polar surface area (TPSA) is 123 Å². The van der Waals surface area contributed by atoms with Gasteiger partial charge < -0.3 is 9.94 Å². The molecule has 5 aromatic rings. The van der Waals surface area contributed by atoms with Crippen molar-refractivity contribution in [1.82, 2.24) is 40.0 Å². The number of alkyl halides is 2. The fourth-order valence-corrected chi connectivity index (χ4v) is 4.42. The van der Waals surface area contributed by atoms with Crippen molar-refractivity contribution in [3.05, 3.63) is 101 Å². The van der Waals surface area contributed by atoms with E-state index in [-0.39, 0.29) is 35.7 Å². The van der Waals surface area contributed by atoms with Gasteiger partial charge in [-0.25, -0.2) is 19.0 Å². The molecule has 0 N–H and O–H groups in total. The molecule has 0 aliphatic rings. The van der Waals surface area contributed by atoms with Crippen LogP contribution >= 0.6 is 11.6 Å². The Morgan fingerprint density at radius 1 is 1.18 bits per heavy atom. The fraction of sp³-hybridized carbons (Fsp3) is 0.208. The highest BCUT2D eigenvalue weighted by atomic mass is 35.5. The van der Waals surface area contributed by atoms with E-state index in [1.165, 1.54) is 46.5 Å². The Morgan fingerprint density at radius 2 is 2.05 bits per heavy atom. The molecule has 15 heteroatoms. The van der Waals surface area contributed by atoms with Crippen LogP contribution in [0.2, 0.25) is 5.02 Å². The van der Waals surface area contributed by atoms with Crippen molar-refractivity contribution in [2.45, 2.75) is 25.5 Å². The highest BCUT2D eigenvalue weighted by Gasteiger charge is 2.29. The fourth-order valence-electron chi connectivity index (χ4n) is 4.25. The molecule has 200 valence electrons. The molecule has 0 radical (unpaired) electrons. The Kier molecular flexibility index (Phi) is 7.74. The molecule has 0 fully saturated rings.